The van der Waals surface area contributed by atoms with Crippen molar-refractivity contribution in [2.45, 2.75) is 26.2 Å². The van der Waals surface area contributed by atoms with Crippen molar-refractivity contribution in [1.82, 2.24) is 0 Å². The number of nitrogens with zero attached hydrogens (tertiary/aromatic N) is 1. The second-order valence-corrected chi connectivity index (χ2v) is 5.40. The van der Waals surface area contributed by atoms with E-state index in [2.05, 4.69) is 24.0 Å². The van der Waals surface area contributed by atoms with Gasteiger partial charge in [0.05, 0.1) is 0 Å². The molecular weight excluding hydrogens is 212 g/mol. The number of aliphatic hydroxyl groups excluding tert-OH is 1. The van der Waals surface area contributed by atoms with Gasteiger partial charge in [0.2, 0.25) is 0 Å². The highest BCUT2D eigenvalue weighted by Crippen LogP contribution is 2.34. The van der Waals surface area contributed by atoms with Crippen molar-refractivity contribution in [1.29, 1.82) is 0 Å². The Hall–Kier alpha value is -1.22. The Morgan fingerprint density at radius 1 is 1.35 bits per heavy atom. The van der Waals surface area contributed by atoms with Gasteiger partial charge in [-0.15, -0.1) is 0 Å². The molecule has 1 saturated heterocycles. The summed E-state index contributed by atoms with van der Waals surface area (Å²) in [5.41, 5.74) is 8.00. The molecule has 0 amide bonds. The normalized spacial score (nSPS) is 24.9. The van der Waals surface area contributed by atoms with E-state index in [4.69, 9.17) is 10.8 Å². The van der Waals surface area contributed by atoms with Crippen LogP contribution in [0.25, 0.3) is 0 Å². The highest BCUT2D eigenvalue weighted by molar-refractivity contribution is 5.53. The Balaban J connectivity index is 2.09. The average Bonchev–Trinajstić information content (AvgIpc) is 2.30. The van der Waals surface area contributed by atoms with Crippen molar-refractivity contribution >= 4 is 11.4 Å². The van der Waals surface area contributed by atoms with Gasteiger partial charge in [-0.25, -0.2) is 0 Å². The summed E-state index contributed by atoms with van der Waals surface area (Å²) in [5, 5.41) is 9.14. The van der Waals surface area contributed by atoms with Crippen LogP contribution in [-0.4, -0.2) is 24.8 Å². The quantitative estimate of drug-likeness (QED) is 0.789. The van der Waals surface area contributed by atoms with Gasteiger partial charge in [-0.1, -0.05) is 6.92 Å². The molecule has 1 aliphatic heterocycles. The highest BCUT2D eigenvalue weighted by atomic mass is 16.3. The number of aliphatic hydroxyl groups is 1. The van der Waals surface area contributed by atoms with Gasteiger partial charge >= 0.3 is 0 Å². The number of piperidine rings is 1. The standard InChI is InChI=1S/C14H22N2O/c1-14(8-10-17)7-2-9-16(11-14)13-5-3-12(15)4-6-13/h3-6,17H,2,7-11,15H2,1H3. The number of nitrogens with two attached hydrogens (primary N) is 1. The lowest BCUT2D eigenvalue weighted by molar-refractivity contribution is 0.173. The molecule has 1 aliphatic rings. The summed E-state index contributed by atoms with van der Waals surface area (Å²) < 4.78 is 0. The first-order valence-corrected chi connectivity index (χ1v) is 6.34. The zero-order valence-electron chi connectivity index (χ0n) is 10.5. The van der Waals surface area contributed by atoms with Gasteiger partial charge in [-0.2, -0.15) is 0 Å². The second-order valence-electron chi connectivity index (χ2n) is 5.40. The van der Waals surface area contributed by atoms with E-state index in [0.29, 0.717) is 0 Å². The van der Waals surface area contributed by atoms with E-state index < -0.39 is 0 Å². The Labute approximate surface area is 103 Å². The van der Waals surface area contributed by atoms with Crippen LogP contribution in [-0.2, 0) is 0 Å². The van der Waals surface area contributed by atoms with E-state index in [1.165, 1.54) is 18.5 Å². The summed E-state index contributed by atoms with van der Waals surface area (Å²) in [7, 11) is 0. The van der Waals surface area contributed by atoms with E-state index in [9.17, 15) is 0 Å². The molecule has 1 aromatic carbocycles. The van der Waals surface area contributed by atoms with Crippen molar-refractivity contribution in [2.24, 2.45) is 5.41 Å². The molecule has 0 aliphatic carbocycles. The molecule has 1 aromatic rings. The molecule has 1 heterocycles. The smallest absolute Gasteiger partial charge is 0.0436 e. The molecule has 0 saturated carbocycles. The van der Waals surface area contributed by atoms with Gasteiger partial charge in [0, 0.05) is 31.1 Å². The maximum absolute atomic E-state index is 9.14. The van der Waals surface area contributed by atoms with Crippen molar-refractivity contribution in [3.63, 3.8) is 0 Å². The number of benzene rings is 1. The average molecular weight is 234 g/mol. The van der Waals surface area contributed by atoms with Crippen LogP contribution >= 0.6 is 0 Å². The molecule has 0 spiro atoms. The van der Waals surface area contributed by atoms with Crippen LogP contribution in [0.1, 0.15) is 26.2 Å². The molecule has 1 unspecified atom stereocenters. The molecule has 3 heteroatoms. The van der Waals surface area contributed by atoms with E-state index >= 15 is 0 Å². The molecule has 17 heavy (non-hydrogen) atoms. The van der Waals surface area contributed by atoms with Crippen LogP contribution in [0.15, 0.2) is 24.3 Å². The van der Waals surface area contributed by atoms with Crippen LogP contribution in [0.3, 0.4) is 0 Å². The van der Waals surface area contributed by atoms with Gasteiger partial charge in [-0.05, 0) is 48.9 Å². The first-order chi connectivity index (χ1) is 8.13. The summed E-state index contributed by atoms with van der Waals surface area (Å²) in [6.07, 6.45) is 3.29. The second kappa shape index (κ2) is 4.96. The largest absolute Gasteiger partial charge is 0.399 e. The van der Waals surface area contributed by atoms with Crippen LogP contribution in [0.4, 0.5) is 11.4 Å². The summed E-state index contributed by atoms with van der Waals surface area (Å²) in [6, 6.07) is 8.07. The fourth-order valence-electron chi connectivity index (χ4n) is 2.70. The lowest BCUT2D eigenvalue weighted by Gasteiger charge is -2.41. The Morgan fingerprint density at radius 3 is 2.71 bits per heavy atom. The lowest BCUT2D eigenvalue weighted by Crippen LogP contribution is -2.42. The van der Waals surface area contributed by atoms with Crippen molar-refractivity contribution < 1.29 is 5.11 Å². The molecule has 1 atom stereocenters. The molecule has 3 nitrogen and oxygen atoms in total. The van der Waals surface area contributed by atoms with Crippen LogP contribution in [0.5, 0.6) is 0 Å². The minimum atomic E-state index is 0.244. The summed E-state index contributed by atoms with van der Waals surface area (Å²) in [4.78, 5) is 2.40. The monoisotopic (exact) mass is 234 g/mol. The van der Waals surface area contributed by atoms with E-state index in [-0.39, 0.29) is 12.0 Å². The highest BCUT2D eigenvalue weighted by Gasteiger charge is 2.30. The Kier molecular flexibility index (Phi) is 3.57. The van der Waals surface area contributed by atoms with Gasteiger partial charge in [0.15, 0.2) is 0 Å². The van der Waals surface area contributed by atoms with Gasteiger partial charge < -0.3 is 15.7 Å². The molecule has 1 fully saturated rings. The zero-order valence-corrected chi connectivity index (χ0v) is 10.5. The van der Waals surface area contributed by atoms with E-state index in [1.54, 1.807) is 0 Å². The number of hydrogen-bond donors (Lipinski definition) is 2. The molecule has 0 bridgehead atoms. The molecule has 0 aromatic heterocycles. The third kappa shape index (κ3) is 2.91. The van der Waals surface area contributed by atoms with Crippen molar-refractivity contribution in [3.05, 3.63) is 24.3 Å². The SMILES string of the molecule is CC1(CCO)CCCN(c2ccc(N)cc2)C1. The topological polar surface area (TPSA) is 49.5 Å². The van der Waals surface area contributed by atoms with Crippen LogP contribution < -0.4 is 10.6 Å². The number of anilines is 2. The number of rotatable bonds is 3. The Bertz CT molecular complexity index is 359. The third-order valence-electron chi connectivity index (χ3n) is 3.75. The predicted octanol–water partition coefficient (Wildman–Crippen LogP) is 2.26. The van der Waals surface area contributed by atoms with Gasteiger partial charge in [0.25, 0.3) is 0 Å². The Morgan fingerprint density at radius 2 is 2.06 bits per heavy atom. The number of hydrogen-bond acceptors (Lipinski definition) is 3. The summed E-state index contributed by atoms with van der Waals surface area (Å²) in [6.45, 7) is 4.68. The molecular formula is C14H22N2O. The third-order valence-corrected chi connectivity index (χ3v) is 3.75. The van der Waals surface area contributed by atoms with Gasteiger partial charge in [-0.3, -0.25) is 0 Å². The van der Waals surface area contributed by atoms with E-state index in [0.717, 1.165) is 25.2 Å². The lowest BCUT2D eigenvalue weighted by atomic mass is 9.79. The minimum Gasteiger partial charge on any atom is -0.399 e. The molecule has 2 rings (SSSR count). The van der Waals surface area contributed by atoms with E-state index in [1.807, 2.05) is 12.1 Å². The summed E-state index contributed by atoms with van der Waals surface area (Å²) in [5.74, 6) is 0. The van der Waals surface area contributed by atoms with Crippen molar-refractivity contribution in [2.75, 3.05) is 30.3 Å². The zero-order chi connectivity index (χ0) is 12.3. The molecule has 3 N–H and O–H groups in total. The molecule has 94 valence electrons. The first-order valence-electron chi connectivity index (χ1n) is 6.34. The predicted molar refractivity (Wildman–Crippen MR) is 72.1 cm³/mol. The first kappa shape index (κ1) is 12.2. The fraction of sp³-hybridized carbons (Fsp3) is 0.571. The summed E-state index contributed by atoms with van der Waals surface area (Å²) >= 11 is 0. The van der Waals surface area contributed by atoms with Crippen LogP contribution in [0.2, 0.25) is 0 Å². The van der Waals surface area contributed by atoms with Crippen LogP contribution in [0, 0.1) is 5.41 Å². The van der Waals surface area contributed by atoms with Crippen molar-refractivity contribution in [3.8, 4) is 0 Å². The van der Waals surface area contributed by atoms with Gasteiger partial charge in [0.1, 0.15) is 0 Å². The minimum absolute atomic E-state index is 0.244. The maximum Gasteiger partial charge on any atom is 0.0436 e. The fourth-order valence-corrected chi connectivity index (χ4v) is 2.70. The molecule has 0 radical (unpaired) electrons. The number of nitrogen functional groups attached to an aromatic ring is 1. The maximum atomic E-state index is 9.14.